The molecule has 0 bridgehead atoms. The van der Waals surface area contributed by atoms with Crippen LogP contribution in [-0.4, -0.2) is 51.9 Å². The van der Waals surface area contributed by atoms with E-state index >= 15 is 0 Å². The molecule has 12 nitrogen and oxygen atoms in total. The number of rotatable bonds is 0. The molecule has 0 spiro atoms. The van der Waals surface area contributed by atoms with Crippen LogP contribution >= 0.6 is 0 Å². The van der Waals surface area contributed by atoms with Gasteiger partial charge in [-0.15, -0.1) is 15.5 Å². The van der Waals surface area contributed by atoms with E-state index in [4.69, 9.17) is 51.9 Å². The molecule has 0 N–H and O–H groups in total. The first-order valence-electron chi connectivity index (χ1n) is 2.62. The third-order valence-corrected chi connectivity index (χ3v) is 0. The van der Waals surface area contributed by atoms with Crippen molar-refractivity contribution in [3.63, 3.8) is 0 Å². The Labute approximate surface area is 131 Å². The zero-order valence-electron chi connectivity index (χ0n) is 8.54. The van der Waals surface area contributed by atoms with E-state index in [-0.39, 0.29) is 21.7 Å². The zero-order chi connectivity index (χ0) is 18.0. The fraction of sp³-hybridized carbons (Fsp3) is 0. The minimum Gasteiger partial charge on any atom is -0.722 e. The molecule has 21 heavy (non-hydrogen) atoms. The average Bonchev–Trinajstić information content (AvgIpc) is 1.62. The first kappa shape index (κ1) is 32.9. The molecule has 21 heteroatoms. The summed E-state index contributed by atoms with van der Waals surface area (Å²) < 4.78 is 141. The molecule has 0 aliphatic carbocycles. The Bertz CT molecular complexity index is 486. The van der Waals surface area contributed by atoms with Crippen LogP contribution in [0.15, 0.2) is 0 Å². The molecule has 0 atom stereocenters. The first-order valence-corrected chi connectivity index (χ1v) is 7.85. The molecule has 0 unspecified atom stereocenters. The number of halogens is 4. The molecule has 0 aromatic carbocycles. The van der Waals surface area contributed by atoms with Crippen molar-refractivity contribution in [2.45, 2.75) is 0 Å². The van der Waals surface area contributed by atoms with Gasteiger partial charge in [-0.3, -0.25) is 0 Å². The second-order valence-electron chi connectivity index (χ2n) is 1.57. The summed E-state index contributed by atoms with van der Waals surface area (Å²) in [5.74, 6) is 0. The van der Waals surface area contributed by atoms with Gasteiger partial charge in [0.2, 0.25) is 0 Å². The minimum absolute atomic E-state index is 0. The Morgan fingerprint density at radius 1 is 0.429 bits per heavy atom. The van der Waals surface area contributed by atoms with E-state index in [0.29, 0.717) is 0 Å². The van der Waals surface area contributed by atoms with Crippen molar-refractivity contribution in [1.82, 2.24) is 0 Å². The summed E-state index contributed by atoms with van der Waals surface area (Å²) in [6.07, 6.45) is 0. The molecule has 0 aliphatic heterocycles. The quantitative estimate of drug-likeness (QED) is 0.166. The molecule has 0 saturated carbocycles. The summed E-state index contributed by atoms with van der Waals surface area (Å²) in [4.78, 5) is 0. The van der Waals surface area contributed by atoms with E-state index in [1.54, 1.807) is 0 Å². The molecule has 0 saturated heterocycles. The minimum atomic E-state index is -5.42. The van der Waals surface area contributed by atoms with Crippen LogP contribution in [0.25, 0.3) is 0 Å². The molecule has 0 aliphatic rings. The summed E-state index contributed by atoms with van der Waals surface area (Å²) in [5, 5.41) is 0. The summed E-state index contributed by atoms with van der Waals surface area (Å²) >= 11 is 0. The third-order valence-electron chi connectivity index (χ3n) is 0. The van der Waals surface area contributed by atoms with E-state index < -0.39 is 42.0 Å². The fourth-order valence-electron chi connectivity index (χ4n) is 0. The maximum absolute atomic E-state index is 10.1. The summed E-state index contributed by atoms with van der Waals surface area (Å²) in [7, 11) is -21.7. The Morgan fingerprint density at radius 2 is 0.429 bits per heavy atom. The normalized spacial score (nSPS) is 11.0. The van der Waals surface area contributed by atoms with Crippen molar-refractivity contribution >= 4 is 42.0 Å². The zero-order valence-corrected chi connectivity index (χ0v) is 13.4. The van der Waals surface area contributed by atoms with Crippen molar-refractivity contribution in [2.24, 2.45) is 0 Å². The van der Waals surface area contributed by atoms with E-state index in [0.717, 1.165) is 0 Å². The Hall–Kier alpha value is 0.0743. The molecule has 0 radical (unpaired) electrons. The van der Waals surface area contributed by atoms with Gasteiger partial charge >= 0.3 is 21.7 Å². The maximum Gasteiger partial charge on any atom is 4.00 e. The van der Waals surface area contributed by atoms with Gasteiger partial charge in [0.05, 0.1) is 0 Å². The molecule has 0 fully saturated rings. The van der Waals surface area contributed by atoms with E-state index in [9.17, 15) is 15.5 Å². The summed E-state index contributed by atoms with van der Waals surface area (Å²) in [6.45, 7) is 0. The van der Waals surface area contributed by atoms with Crippen LogP contribution in [0.5, 0.6) is 0 Å². The van der Waals surface area contributed by atoms with Crippen LogP contribution in [0, 0.1) is 0 Å². The predicted molar refractivity (Wildman–Crippen MR) is 43.2 cm³/mol. The second kappa shape index (κ2) is 12.6. The van der Waals surface area contributed by atoms with Crippen LogP contribution in [0.3, 0.4) is 0 Å². The SMILES string of the molecule is O=S(=O)([O-])F.O=S(=O)([O-])F.O=S(=O)([O-])F.O=S(=O)([O-])F.[Ti+4]. The Kier molecular flexibility index (Phi) is 19.7. The smallest absolute Gasteiger partial charge is 0.722 e. The van der Waals surface area contributed by atoms with Crippen molar-refractivity contribution in [3.8, 4) is 0 Å². The van der Waals surface area contributed by atoms with Gasteiger partial charge in [-0.1, -0.05) is 0 Å². The molecular weight excluding hydrogens is 444 g/mol. The third kappa shape index (κ3) is 1190000. The van der Waals surface area contributed by atoms with E-state index in [1.807, 2.05) is 0 Å². The Balaban J connectivity index is -0.0000000533. The van der Waals surface area contributed by atoms with Gasteiger partial charge in [0, 0.05) is 0 Å². The predicted octanol–water partition coefficient (Wildman–Crippen LogP) is -2.34. The van der Waals surface area contributed by atoms with Crippen LogP contribution < -0.4 is 0 Å². The van der Waals surface area contributed by atoms with Crippen molar-refractivity contribution in [2.75, 3.05) is 0 Å². The van der Waals surface area contributed by atoms with Crippen LogP contribution in [0.1, 0.15) is 0 Å². The van der Waals surface area contributed by atoms with Gasteiger partial charge in [0.15, 0.2) is 0 Å². The standard InChI is InChI=1S/4FHO3S.Ti/c4*1-5(2,3)4;/h4*(H,2,3,4);/q;;;;+4/p-4. The summed E-state index contributed by atoms with van der Waals surface area (Å²) in [6, 6.07) is 0. The number of hydrogen-bond acceptors (Lipinski definition) is 12. The van der Waals surface area contributed by atoms with Gasteiger partial charge in [-0.25, -0.2) is 33.7 Å². The van der Waals surface area contributed by atoms with Crippen molar-refractivity contribution < 1.29 is 89.1 Å². The Morgan fingerprint density at radius 3 is 0.429 bits per heavy atom. The average molecular weight is 444 g/mol. The molecule has 0 heterocycles. The molecule has 0 aromatic heterocycles. The summed E-state index contributed by atoms with van der Waals surface area (Å²) in [5.41, 5.74) is 0. The maximum atomic E-state index is 10.1. The van der Waals surface area contributed by atoms with Gasteiger partial charge in [-0.05, 0) is 0 Å². The van der Waals surface area contributed by atoms with Crippen LogP contribution in [0.4, 0.5) is 15.5 Å². The molecule has 0 aromatic rings. The van der Waals surface area contributed by atoms with Gasteiger partial charge < -0.3 is 18.2 Å². The molecular formula is F4O12S4Ti. The van der Waals surface area contributed by atoms with Crippen molar-refractivity contribution in [1.29, 1.82) is 0 Å². The largest absolute Gasteiger partial charge is 4.00 e. The molecule has 128 valence electrons. The fourth-order valence-corrected chi connectivity index (χ4v) is 0. The topological polar surface area (TPSA) is 229 Å². The number of hydrogen-bond donors (Lipinski definition) is 0. The van der Waals surface area contributed by atoms with E-state index in [1.165, 1.54) is 0 Å². The van der Waals surface area contributed by atoms with Crippen molar-refractivity contribution in [3.05, 3.63) is 0 Å². The molecule has 0 amide bonds. The van der Waals surface area contributed by atoms with Crippen LogP contribution in [0.2, 0.25) is 0 Å². The molecule has 0 rings (SSSR count). The van der Waals surface area contributed by atoms with Crippen LogP contribution in [-0.2, 0) is 63.7 Å². The van der Waals surface area contributed by atoms with Gasteiger partial charge in [-0.2, -0.15) is 0 Å². The van der Waals surface area contributed by atoms with E-state index in [2.05, 4.69) is 0 Å². The van der Waals surface area contributed by atoms with Gasteiger partial charge in [0.1, 0.15) is 0 Å². The van der Waals surface area contributed by atoms with Gasteiger partial charge in [0.25, 0.3) is 42.0 Å². The second-order valence-corrected chi connectivity index (χ2v) is 4.72. The first-order chi connectivity index (χ1) is 8.00. The monoisotopic (exact) mass is 444 g/mol.